The van der Waals surface area contributed by atoms with Crippen LogP contribution in [0.2, 0.25) is 5.02 Å². The third kappa shape index (κ3) is 4.58. The summed E-state index contributed by atoms with van der Waals surface area (Å²) in [6, 6.07) is 6.16. The number of carbonyl (C=O) groups excluding carboxylic acids is 3. The number of carbonyl (C=O) groups is 3. The number of methoxy groups -OCH3 is 2. The summed E-state index contributed by atoms with van der Waals surface area (Å²) in [5.41, 5.74) is -0.838. The van der Waals surface area contributed by atoms with Crippen LogP contribution >= 0.6 is 11.6 Å². The lowest BCUT2D eigenvalue weighted by molar-refractivity contribution is -0.139. The fourth-order valence-electron chi connectivity index (χ4n) is 2.89. The number of benzene rings is 1. The first-order valence-electron chi connectivity index (χ1n) is 8.50. The number of hydrogen-bond acceptors (Lipinski definition) is 5. The summed E-state index contributed by atoms with van der Waals surface area (Å²) in [5.74, 6) is -0.886. The van der Waals surface area contributed by atoms with Crippen LogP contribution in [0.25, 0.3) is 0 Å². The number of hydrogen-bond donors (Lipinski definition) is 1. The summed E-state index contributed by atoms with van der Waals surface area (Å²) < 4.78 is 10.0. The number of rotatable bonds is 9. The molecule has 0 bridgehead atoms. The first-order valence-corrected chi connectivity index (χ1v) is 8.87. The SMILES string of the molecule is COCCN(CCOC)C(=O)CN1C(=O)N[C@](C)(c2ccccc2Cl)C1=O. The van der Waals surface area contributed by atoms with Crippen molar-refractivity contribution in [2.45, 2.75) is 12.5 Å². The van der Waals surface area contributed by atoms with Gasteiger partial charge in [0.15, 0.2) is 0 Å². The molecule has 8 nitrogen and oxygen atoms in total. The molecule has 1 N–H and O–H groups in total. The number of imide groups is 1. The van der Waals surface area contributed by atoms with Crippen LogP contribution in [0.15, 0.2) is 24.3 Å². The molecule has 27 heavy (non-hydrogen) atoms. The Morgan fingerprint density at radius 1 is 1.19 bits per heavy atom. The van der Waals surface area contributed by atoms with Crippen molar-refractivity contribution in [2.24, 2.45) is 0 Å². The Bertz CT molecular complexity index is 706. The van der Waals surface area contributed by atoms with E-state index in [1.54, 1.807) is 31.2 Å². The summed E-state index contributed by atoms with van der Waals surface area (Å²) in [4.78, 5) is 40.4. The van der Waals surface area contributed by atoms with Gasteiger partial charge >= 0.3 is 6.03 Å². The molecule has 0 unspecified atom stereocenters. The molecule has 0 spiro atoms. The molecule has 1 aromatic rings. The molecule has 148 valence electrons. The second kappa shape index (κ2) is 9.16. The fraction of sp³-hybridized carbons (Fsp3) is 0.500. The zero-order chi connectivity index (χ0) is 20.0. The zero-order valence-corrected chi connectivity index (χ0v) is 16.4. The summed E-state index contributed by atoms with van der Waals surface area (Å²) in [6.07, 6.45) is 0. The standard InChI is InChI=1S/C18H24ClN3O5/c1-18(13-6-4-5-7-14(13)19)16(24)22(17(25)20-18)12-15(23)21(8-10-26-2)9-11-27-3/h4-7H,8-12H2,1-3H3,(H,20,25)/t18-/m1/s1. The van der Waals surface area contributed by atoms with Gasteiger partial charge in [0.25, 0.3) is 5.91 Å². The van der Waals surface area contributed by atoms with Gasteiger partial charge in [-0.15, -0.1) is 0 Å². The van der Waals surface area contributed by atoms with Gasteiger partial charge in [-0.05, 0) is 13.0 Å². The van der Waals surface area contributed by atoms with Crippen LogP contribution in [0, 0.1) is 0 Å². The minimum atomic E-state index is -1.32. The minimum Gasteiger partial charge on any atom is -0.383 e. The van der Waals surface area contributed by atoms with E-state index in [9.17, 15) is 14.4 Å². The van der Waals surface area contributed by atoms with E-state index in [-0.39, 0.29) is 12.5 Å². The van der Waals surface area contributed by atoms with Crippen LogP contribution in [0.3, 0.4) is 0 Å². The van der Waals surface area contributed by atoms with Crippen LogP contribution < -0.4 is 5.32 Å². The fourth-order valence-corrected chi connectivity index (χ4v) is 3.21. The highest BCUT2D eigenvalue weighted by molar-refractivity contribution is 6.32. The van der Waals surface area contributed by atoms with E-state index in [2.05, 4.69) is 5.32 Å². The summed E-state index contributed by atoms with van der Waals surface area (Å²) in [7, 11) is 3.07. The number of halogens is 1. The van der Waals surface area contributed by atoms with Crippen molar-refractivity contribution in [2.75, 3.05) is 47.1 Å². The topological polar surface area (TPSA) is 88.2 Å². The Morgan fingerprint density at radius 2 is 1.78 bits per heavy atom. The van der Waals surface area contributed by atoms with Crippen molar-refractivity contribution < 1.29 is 23.9 Å². The maximum Gasteiger partial charge on any atom is 0.325 e. The Hall–Kier alpha value is -2.16. The number of nitrogens with one attached hydrogen (secondary N) is 1. The van der Waals surface area contributed by atoms with E-state index in [1.165, 1.54) is 19.1 Å². The molecule has 1 fully saturated rings. The lowest BCUT2D eigenvalue weighted by Gasteiger charge is -2.25. The predicted octanol–water partition coefficient (Wildman–Crippen LogP) is 1.23. The second-order valence-corrected chi connectivity index (χ2v) is 6.70. The predicted molar refractivity (Wildman–Crippen MR) is 99.4 cm³/mol. The summed E-state index contributed by atoms with van der Waals surface area (Å²) >= 11 is 6.20. The van der Waals surface area contributed by atoms with Crippen molar-refractivity contribution >= 4 is 29.4 Å². The largest absolute Gasteiger partial charge is 0.383 e. The van der Waals surface area contributed by atoms with Crippen LogP contribution in [0.4, 0.5) is 4.79 Å². The van der Waals surface area contributed by atoms with Crippen LogP contribution in [0.1, 0.15) is 12.5 Å². The van der Waals surface area contributed by atoms with Crippen LogP contribution in [-0.4, -0.2) is 74.7 Å². The smallest absolute Gasteiger partial charge is 0.325 e. The summed E-state index contributed by atoms with van der Waals surface area (Å²) in [6.45, 7) is 2.57. The lowest BCUT2D eigenvalue weighted by atomic mass is 9.92. The average Bonchev–Trinajstić information content (AvgIpc) is 2.86. The highest BCUT2D eigenvalue weighted by Gasteiger charge is 2.50. The van der Waals surface area contributed by atoms with E-state index in [0.29, 0.717) is 36.9 Å². The van der Waals surface area contributed by atoms with Crippen LogP contribution in [0.5, 0.6) is 0 Å². The van der Waals surface area contributed by atoms with Gasteiger partial charge in [-0.2, -0.15) is 0 Å². The molecule has 1 saturated heterocycles. The molecule has 9 heteroatoms. The molecule has 0 saturated carbocycles. The normalized spacial score (nSPS) is 19.3. The van der Waals surface area contributed by atoms with Gasteiger partial charge in [-0.1, -0.05) is 29.8 Å². The van der Waals surface area contributed by atoms with E-state index in [4.69, 9.17) is 21.1 Å². The Balaban J connectivity index is 2.16. The van der Waals surface area contributed by atoms with Gasteiger partial charge in [0, 0.05) is 37.9 Å². The molecule has 2 rings (SSSR count). The van der Waals surface area contributed by atoms with Gasteiger partial charge in [-0.3, -0.25) is 14.5 Å². The molecule has 1 heterocycles. The van der Waals surface area contributed by atoms with Gasteiger partial charge in [-0.25, -0.2) is 4.79 Å². The van der Waals surface area contributed by atoms with Gasteiger partial charge in [0.05, 0.1) is 13.2 Å². The molecule has 1 aliphatic rings. The monoisotopic (exact) mass is 397 g/mol. The van der Waals surface area contributed by atoms with Crippen LogP contribution in [-0.2, 0) is 24.6 Å². The second-order valence-electron chi connectivity index (χ2n) is 6.29. The van der Waals surface area contributed by atoms with E-state index >= 15 is 0 Å². The average molecular weight is 398 g/mol. The van der Waals surface area contributed by atoms with Crippen molar-refractivity contribution in [1.82, 2.24) is 15.1 Å². The van der Waals surface area contributed by atoms with Crippen molar-refractivity contribution in [3.63, 3.8) is 0 Å². The molecule has 1 aliphatic heterocycles. The van der Waals surface area contributed by atoms with Crippen molar-refractivity contribution in [3.05, 3.63) is 34.9 Å². The van der Waals surface area contributed by atoms with Crippen molar-refractivity contribution in [3.8, 4) is 0 Å². The number of urea groups is 1. The van der Waals surface area contributed by atoms with Gasteiger partial charge < -0.3 is 19.7 Å². The molecule has 0 aromatic heterocycles. The number of ether oxygens (including phenoxy) is 2. The van der Waals surface area contributed by atoms with Crippen molar-refractivity contribution in [1.29, 1.82) is 0 Å². The maximum absolute atomic E-state index is 12.9. The highest BCUT2D eigenvalue weighted by atomic mass is 35.5. The Morgan fingerprint density at radius 3 is 2.33 bits per heavy atom. The first-order chi connectivity index (χ1) is 12.8. The van der Waals surface area contributed by atoms with E-state index in [1.807, 2.05) is 0 Å². The Kier molecular flexibility index (Phi) is 7.18. The zero-order valence-electron chi connectivity index (χ0n) is 15.7. The molecule has 4 amide bonds. The molecule has 1 aromatic carbocycles. The quantitative estimate of drug-likeness (QED) is 0.633. The molecular weight excluding hydrogens is 374 g/mol. The summed E-state index contributed by atoms with van der Waals surface area (Å²) in [5, 5.41) is 3.02. The minimum absolute atomic E-state index is 0.337. The third-order valence-electron chi connectivity index (χ3n) is 4.46. The van der Waals surface area contributed by atoms with E-state index in [0.717, 1.165) is 4.90 Å². The number of amides is 4. The lowest BCUT2D eigenvalue weighted by Crippen LogP contribution is -2.46. The maximum atomic E-state index is 12.9. The van der Waals surface area contributed by atoms with E-state index < -0.39 is 17.5 Å². The molecule has 0 aliphatic carbocycles. The third-order valence-corrected chi connectivity index (χ3v) is 4.79. The highest BCUT2D eigenvalue weighted by Crippen LogP contribution is 2.33. The number of nitrogens with zero attached hydrogens (tertiary/aromatic N) is 2. The van der Waals surface area contributed by atoms with Gasteiger partial charge in [0.1, 0.15) is 12.1 Å². The molecule has 1 atom stereocenters. The van der Waals surface area contributed by atoms with Gasteiger partial charge in [0.2, 0.25) is 5.91 Å². The molecule has 0 radical (unpaired) electrons. The molecular formula is C18H24ClN3O5. The first kappa shape index (κ1) is 21.1. The Labute approximate surface area is 163 Å².